The Hall–Kier alpha value is -1.31. The van der Waals surface area contributed by atoms with Crippen LogP contribution in [-0.4, -0.2) is 38.2 Å². The predicted molar refractivity (Wildman–Crippen MR) is 85.9 cm³/mol. The van der Waals surface area contributed by atoms with E-state index in [1.807, 2.05) is 19.1 Å². The molecule has 2 atom stereocenters. The zero-order valence-corrected chi connectivity index (χ0v) is 13.9. The van der Waals surface area contributed by atoms with Gasteiger partial charge in [0, 0.05) is 24.7 Å². The van der Waals surface area contributed by atoms with Crippen molar-refractivity contribution >= 4 is 27.7 Å². The smallest absolute Gasteiger partial charge is 0.317 e. The molecule has 0 aromatic heterocycles. The van der Waals surface area contributed by atoms with Gasteiger partial charge in [0.15, 0.2) is 0 Å². The average molecular weight is 346 g/mol. The second kappa shape index (κ2) is 6.85. The maximum atomic E-state index is 12.2. The first-order valence-corrected chi connectivity index (χ1v) is 9.11. The van der Waals surface area contributed by atoms with Gasteiger partial charge in [0.1, 0.15) is 0 Å². The van der Waals surface area contributed by atoms with Crippen LogP contribution in [0.25, 0.3) is 0 Å². The van der Waals surface area contributed by atoms with Gasteiger partial charge >= 0.3 is 6.03 Å². The highest BCUT2D eigenvalue weighted by Gasteiger charge is 2.34. The summed E-state index contributed by atoms with van der Waals surface area (Å²) in [7, 11) is -3.52. The van der Waals surface area contributed by atoms with Gasteiger partial charge in [-0.2, -0.15) is 0 Å². The molecule has 0 unspecified atom stereocenters. The standard InChI is InChI=1S/C14H20ClN3O3S/c1-10-7-18(8-12(10)9-22(16,20)21)14(19)17-6-11-3-2-4-13(15)5-11/h2-5,10,12H,6-9H2,1H3,(H,17,19)(H2,16,20,21)/t10-,12+/m0/s1. The van der Waals surface area contributed by atoms with Crippen LogP contribution in [0.15, 0.2) is 24.3 Å². The molecule has 0 aliphatic carbocycles. The Morgan fingerprint density at radius 3 is 2.82 bits per heavy atom. The summed E-state index contributed by atoms with van der Waals surface area (Å²) >= 11 is 5.90. The van der Waals surface area contributed by atoms with Gasteiger partial charge < -0.3 is 10.2 Å². The average Bonchev–Trinajstić information content (AvgIpc) is 2.75. The van der Waals surface area contributed by atoms with Gasteiger partial charge in [-0.15, -0.1) is 0 Å². The molecule has 2 amide bonds. The quantitative estimate of drug-likeness (QED) is 0.864. The SMILES string of the molecule is C[C@H]1CN(C(=O)NCc2cccc(Cl)c2)C[C@@H]1CS(N)(=O)=O. The van der Waals surface area contributed by atoms with Crippen molar-refractivity contribution in [1.82, 2.24) is 10.2 Å². The lowest BCUT2D eigenvalue weighted by atomic mass is 10.0. The number of nitrogens with zero attached hydrogens (tertiary/aromatic N) is 1. The van der Waals surface area contributed by atoms with E-state index in [2.05, 4.69) is 5.32 Å². The molecule has 1 fully saturated rings. The number of carbonyl (C=O) groups is 1. The lowest BCUT2D eigenvalue weighted by Crippen LogP contribution is -2.38. The minimum absolute atomic E-state index is 0.0910. The van der Waals surface area contributed by atoms with Crippen LogP contribution in [0.4, 0.5) is 4.79 Å². The van der Waals surface area contributed by atoms with Crippen LogP contribution in [0.1, 0.15) is 12.5 Å². The molecule has 1 aliphatic rings. The van der Waals surface area contributed by atoms with E-state index in [4.69, 9.17) is 16.7 Å². The fraction of sp³-hybridized carbons (Fsp3) is 0.500. The molecule has 1 saturated heterocycles. The Kier molecular flexibility index (Phi) is 5.31. The van der Waals surface area contributed by atoms with Crippen LogP contribution < -0.4 is 10.5 Å². The number of hydrogen-bond donors (Lipinski definition) is 2. The zero-order valence-electron chi connectivity index (χ0n) is 12.3. The second-order valence-corrected chi connectivity index (χ2v) is 7.86. The topological polar surface area (TPSA) is 92.5 Å². The lowest BCUT2D eigenvalue weighted by Gasteiger charge is -2.17. The van der Waals surface area contributed by atoms with Crippen molar-refractivity contribution in [3.05, 3.63) is 34.9 Å². The highest BCUT2D eigenvalue weighted by molar-refractivity contribution is 7.89. The van der Waals surface area contributed by atoms with Gasteiger partial charge in [-0.25, -0.2) is 18.4 Å². The first-order valence-electron chi connectivity index (χ1n) is 7.02. The van der Waals surface area contributed by atoms with Gasteiger partial charge in [0.25, 0.3) is 0 Å². The van der Waals surface area contributed by atoms with Gasteiger partial charge in [0.05, 0.1) is 5.75 Å². The van der Waals surface area contributed by atoms with Gasteiger partial charge in [-0.05, 0) is 29.5 Å². The van der Waals surface area contributed by atoms with Gasteiger partial charge in [0.2, 0.25) is 10.0 Å². The Morgan fingerprint density at radius 2 is 2.18 bits per heavy atom. The van der Waals surface area contributed by atoms with E-state index in [9.17, 15) is 13.2 Å². The number of urea groups is 1. The molecular formula is C14H20ClN3O3S. The molecule has 1 aromatic rings. The maximum Gasteiger partial charge on any atom is 0.317 e. The van der Waals surface area contributed by atoms with Crippen LogP contribution in [0.3, 0.4) is 0 Å². The van der Waals surface area contributed by atoms with Crippen LogP contribution in [0.2, 0.25) is 5.02 Å². The molecule has 0 bridgehead atoms. The summed E-state index contributed by atoms with van der Waals surface area (Å²) in [6.07, 6.45) is 0. The second-order valence-electron chi connectivity index (χ2n) is 5.76. The number of sulfonamides is 1. The van der Waals surface area contributed by atoms with Crippen molar-refractivity contribution in [3.8, 4) is 0 Å². The summed E-state index contributed by atoms with van der Waals surface area (Å²) < 4.78 is 22.4. The minimum Gasteiger partial charge on any atom is -0.334 e. The molecule has 3 N–H and O–H groups in total. The van der Waals surface area contributed by atoms with Gasteiger partial charge in [-0.3, -0.25) is 0 Å². The first-order chi connectivity index (χ1) is 10.2. The van der Waals surface area contributed by atoms with E-state index in [1.54, 1.807) is 17.0 Å². The summed E-state index contributed by atoms with van der Waals surface area (Å²) in [5.41, 5.74) is 0.911. The normalized spacial score (nSPS) is 21.9. The van der Waals surface area contributed by atoms with Crippen molar-refractivity contribution in [2.75, 3.05) is 18.8 Å². The maximum absolute atomic E-state index is 12.2. The number of nitrogens with two attached hydrogens (primary N) is 1. The molecule has 6 nitrogen and oxygen atoms in total. The molecule has 0 spiro atoms. The molecule has 22 heavy (non-hydrogen) atoms. The zero-order chi connectivity index (χ0) is 16.3. The Bertz CT molecular complexity index is 650. The molecular weight excluding hydrogens is 326 g/mol. The third kappa shape index (κ3) is 4.86. The molecule has 8 heteroatoms. The number of hydrogen-bond acceptors (Lipinski definition) is 3. The van der Waals surface area contributed by atoms with Crippen molar-refractivity contribution < 1.29 is 13.2 Å². The highest BCUT2D eigenvalue weighted by atomic mass is 35.5. The van der Waals surface area contributed by atoms with E-state index in [0.29, 0.717) is 24.7 Å². The summed E-state index contributed by atoms with van der Waals surface area (Å²) in [5, 5.41) is 8.53. The number of likely N-dealkylation sites (tertiary alicyclic amines) is 1. The van der Waals surface area contributed by atoms with E-state index < -0.39 is 10.0 Å². The van der Waals surface area contributed by atoms with Crippen molar-refractivity contribution in [2.24, 2.45) is 17.0 Å². The lowest BCUT2D eigenvalue weighted by molar-refractivity contribution is 0.206. The summed E-state index contributed by atoms with van der Waals surface area (Å²) in [6.45, 7) is 3.24. The number of nitrogens with one attached hydrogen (secondary N) is 1. The van der Waals surface area contributed by atoms with E-state index in [-0.39, 0.29) is 23.6 Å². The predicted octanol–water partition coefficient (Wildman–Crippen LogP) is 1.41. The largest absolute Gasteiger partial charge is 0.334 e. The van der Waals surface area contributed by atoms with Crippen LogP contribution in [-0.2, 0) is 16.6 Å². The molecule has 0 radical (unpaired) electrons. The van der Waals surface area contributed by atoms with Crippen molar-refractivity contribution in [1.29, 1.82) is 0 Å². The summed E-state index contributed by atoms with van der Waals surface area (Å²) in [4.78, 5) is 13.8. The van der Waals surface area contributed by atoms with Crippen molar-refractivity contribution in [3.63, 3.8) is 0 Å². The fourth-order valence-corrected chi connectivity index (χ4v) is 3.90. The van der Waals surface area contributed by atoms with Crippen molar-refractivity contribution in [2.45, 2.75) is 13.5 Å². The number of primary sulfonamides is 1. The third-order valence-electron chi connectivity index (χ3n) is 3.83. The van der Waals surface area contributed by atoms with Crippen LogP contribution >= 0.6 is 11.6 Å². The molecule has 2 rings (SSSR count). The number of halogens is 1. The van der Waals surface area contributed by atoms with E-state index in [0.717, 1.165) is 5.56 Å². The van der Waals surface area contributed by atoms with Crippen LogP contribution in [0.5, 0.6) is 0 Å². The Labute approximate surface area is 135 Å². The highest BCUT2D eigenvalue weighted by Crippen LogP contribution is 2.24. The number of carbonyl (C=O) groups excluding carboxylic acids is 1. The number of rotatable bonds is 4. The molecule has 1 heterocycles. The fourth-order valence-electron chi connectivity index (χ4n) is 2.65. The summed E-state index contributed by atoms with van der Waals surface area (Å²) in [6, 6.07) is 7.06. The molecule has 0 saturated carbocycles. The Balaban J connectivity index is 1.88. The molecule has 1 aromatic carbocycles. The molecule has 1 aliphatic heterocycles. The number of amides is 2. The van der Waals surface area contributed by atoms with Crippen LogP contribution in [0, 0.1) is 11.8 Å². The third-order valence-corrected chi connectivity index (χ3v) is 4.96. The minimum atomic E-state index is -3.52. The van der Waals surface area contributed by atoms with E-state index >= 15 is 0 Å². The number of benzene rings is 1. The molecule has 122 valence electrons. The first kappa shape index (κ1) is 17.1. The monoisotopic (exact) mass is 345 g/mol. The van der Waals surface area contributed by atoms with E-state index in [1.165, 1.54) is 0 Å². The Morgan fingerprint density at radius 1 is 1.45 bits per heavy atom. The van der Waals surface area contributed by atoms with Gasteiger partial charge in [-0.1, -0.05) is 30.7 Å². The summed E-state index contributed by atoms with van der Waals surface area (Å²) in [5.74, 6) is -0.103.